The highest BCUT2D eigenvalue weighted by molar-refractivity contribution is 6.05. The van der Waals surface area contributed by atoms with Crippen molar-refractivity contribution < 1.29 is 19.5 Å². The molecule has 2 N–H and O–H groups in total. The molecule has 2 atom stereocenters. The van der Waals surface area contributed by atoms with Crippen molar-refractivity contribution in [3.8, 4) is 6.07 Å². The van der Waals surface area contributed by atoms with E-state index in [1.807, 2.05) is 36.4 Å². The number of aliphatic hydroxyl groups is 1. The third-order valence-electron chi connectivity index (χ3n) is 8.02. The molecule has 0 saturated carbocycles. The molecule has 3 aliphatic heterocycles. The van der Waals surface area contributed by atoms with Crippen molar-refractivity contribution in [1.29, 1.82) is 5.26 Å². The number of likely N-dealkylation sites (tertiary alicyclic amines) is 1. The van der Waals surface area contributed by atoms with Gasteiger partial charge in [0.15, 0.2) is 0 Å². The van der Waals surface area contributed by atoms with Gasteiger partial charge < -0.3 is 10.0 Å². The molecule has 0 bridgehead atoms. The fourth-order valence-corrected chi connectivity index (χ4v) is 5.87. The number of benzene rings is 2. The van der Waals surface area contributed by atoms with Crippen LogP contribution in [0.2, 0.25) is 0 Å². The molecule has 8 heteroatoms. The van der Waals surface area contributed by atoms with Crippen molar-refractivity contribution in [3.05, 3.63) is 70.3 Å². The molecule has 0 spiro atoms. The first-order valence-corrected chi connectivity index (χ1v) is 12.3. The van der Waals surface area contributed by atoms with E-state index < -0.39 is 23.0 Å². The lowest BCUT2D eigenvalue weighted by Gasteiger charge is -2.50. The molecule has 8 nitrogen and oxygen atoms in total. The summed E-state index contributed by atoms with van der Waals surface area (Å²) in [4.78, 5) is 40.8. The van der Waals surface area contributed by atoms with Crippen molar-refractivity contribution >= 4 is 17.7 Å². The number of imide groups is 1. The van der Waals surface area contributed by atoms with Crippen LogP contribution in [0.4, 0.5) is 0 Å². The summed E-state index contributed by atoms with van der Waals surface area (Å²) in [7, 11) is 0. The first-order valence-electron chi connectivity index (χ1n) is 12.3. The fourth-order valence-electron chi connectivity index (χ4n) is 5.87. The fraction of sp³-hybridized carbons (Fsp3) is 0.429. The molecular weight excluding hydrogens is 456 g/mol. The van der Waals surface area contributed by atoms with E-state index in [-0.39, 0.29) is 24.8 Å². The van der Waals surface area contributed by atoms with E-state index in [2.05, 4.69) is 30.1 Å². The molecule has 1 unspecified atom stereocenters. The number of fused-ring (bicyclic) bond motifs is 1. The minimum absolute atomic E-state index is 0.213. The molecule has 2 fully saturated rings. The van der Waals surface area contributed by atoms with Gasteiger partial charge in [0.2, 0.25) is 11.8 Å². The lowest BCUT2D eigenvalue weighted by Crippen LogP contribution is -2.55. The number of nitriles is 1. The first-order chi connectivity index (χ1) is 17.1. The van der Waals surface area contributed by atoms with E-state index in [0.29, 0.717) is 37.1 Å². The number of nitrogens with one attached hydrogen (secondary N) is 1. The van der Waals surface area contributed by atoms with E-state index in [4.69, 9.17) is 5.26 Å². The van der Waals surface area contributed by atoms with Gasteiger partial charge in [-0.1, -0.05) is 38.1 Å². The van der Waals surface area contributed by atoms with E-state index in [0.717, 1.165) is 23.2 Å². The summed E-state index contributed by atoms with van der Waals surface area (Å²) in [5.41, 5.74) is 2.35. The van der Waals surface area contributed by atoms with Crippen molar-refractivity contribution in [1.82, 2.24) is 15.1 Å². The van der Waals surface area contributed by atoms with Gasteiger partial charge in [-0.3, -0.25) is 24.6 Å². The number of carbonyl (C=O) groups excluding carboxylic acids is 3. The second-order valence-corrected chi connectivity index (χ2v) is 10.8. The Kier molecular flexibility index (Phi) is 5.93. The number of piperidine rings is 2. The van der Waals surface area contributed by atoms with Gasteiger partial charge in [0.05, 0.1) is 17.2 Å². The van der Waals surface area contributed by atoms with Gasteiger partial charge in [0, 0.05) is 43.6 Å². The van der Waals surface area contributed by atoms with Crippen LogP contribution in [0.3, 0.4) is 0 Å². The minimum Gasteiger partial charge on any atom is -0.385 e. The Labute approximate surface area is 210 Å². The summed E-state index contributed by atoms with van der Waals surface area (Å²) in [5, 5.41) is 23.3. The third-order valence-corrected chi connectivity index (χ3v) is 8.02. The maximum absolute atomic E-state index is 13.0. The lowest BCUT2D eigenvalue weighted by atomic mass is 9.66. The van der Waals surface area contributed by atoms with E-state index in [9.17, 15) is 19.5 Å². The van der Waals surface area contributed by atoms with Crippen LogP contribution in [0.5, 0.6) is 0 Å². The molecule has 2 saturated heterocycles. The highest BCUT2D eigenvalue weighted by Gasteiger charge is 2.49. The number of carbonyl (C=O) groups is 3. The maximum Gasteiger partial charge on any atom is 0.255 e. The Morgan fingerprint density at radius 2 is 1.89 bits per heavy atom. The molecular formula is C28H30N4O4. The topological polar surface area (TPSA) is 114 Å². The van der Waals surface area contributed by atoms with Gasteiger partial charge >= 0.3 is 0 Å². The van der Waals surface area contributed by atoms with Crippen LogP contribution in [0.25, 0.3) is 0 Å². The molecule has 36 heavy (non-hydrogen) atoms. The van der Waals surface area contributed by atoms with Crippen molar-refractivity contribution in [2.45, 2.75) is 57.8 Å². The van der Waals surface area contributed by atoms with Crippen LogP contribution < -0.4 is 5.32 Å². The monoisotopic (exact) mass is 486 g/mol. The van der Waals surface area contributed by atoms with Crippen LogP contribution in [0, 0.1) is 16.7 Å². The van der Waals surface area contributed by atoms with Gasteiger partial charge in [0.25, 0.3) is 5.91 Å². The zero-order valence-corrected chi connectivity index (χ0v) is 20.6. The molecule has 5 rings (SSSR count). The standard InChI is InChI=1S/C28H30N4O4/c1-27(2)17-31(15-19-5-3-18(14-29)4-6-19)12-11-28(27,36)21-7-8-22-20(13-21)16-32(26(22)35)23-9-10-24(33)30-25(23)34/h3-8,13,23,36H,9-12,15-17H2,1-2H3,(H,30,33,34)/t23?,28-/m0/s1. The third kappa shape index (κ3) is 4.08. The highest BCUT2D eigenvalue weighted by atomic mass is 16.3. The van der Waals surface area contributed by atoms with Gasteiger partial charge in [-0.15, -0.1) is 0 Å². The Bertz CT molecular complexity index is 1280. The molecule has 2 aromatic rings. The SMILES string of the molecule is CC1(C)CN(Cc2ccc(C#N)cc2)CC[C@]1(O)c1ccc2c(c1)CN(C1CCC(=O)NC1=O)C2=O. The maximum atomic E-state index is 13.0. The van der Waals surface area contributed by atoms with Gasteiger partial charge in [-0.2, -0.15) is 5.26 Å². The Balaban J connectivity index is 1.33. The summed E-state index contributed by atoms with van der Waals surface area (Å²) in [5.74, 6) is -0.950. The number of nitrogens with zero attached hydrogens (tertiary/aromatic N) is 3. The number of amides is 3. The second kappa shape index (κ2) is 8.84. The Hall–Kier alpha value is -3.54. The van der Waals surface area contributed by atoms with Crippen LogP contribution >= 0.6 is 0 Å². The van der Waals surface area contributed by atoms with E-state index in [1.54, 1.807) is 6.07 Å². The molecule has 0 aromatic heterocycles. The van der Waals surface area contributed by atoms with Crippen LogP contribution in [-0.2, 0) is 28.3 Å². The molecule has 3 heterocycles. The summed E-state index contributed by atoms with van der Waals surface area (Å²) in [6, 6.07) is 14.6. The zero-order valence-electron chi connectivity index (χ0n) is 20.6. The predicted octanol–water partition coefficient (Wildman–Crippen LogP) is 2.44. The van der Waals surface area contributed by atoms with Crippen molar-refractivity contribution in [2.75, 3.05) is 13.1 Å². The molecule has 0 aliphatic carbocycles. The quantitative estimate of drug-likeness (QED) is 0.642. The second-order valence-electron chi connectivity index (χ2n) is 10.8. The summed E-state index contributed by atoms with van der Waals surface area (Å²) < 4.78 is 0. The Morgan fingerprint density at radius 1 is 1.14 bits per heavy atom. The summed E-state index contributed by atoms with van der Waals surface area (Å²) >= 11 is 0. The number of hydrogen-bond acceptors (Lipinski definition) is 6. The Morgan fingerprint density at radius 3 is 2.56 bits per heavy atom. The van der Waals surface area contributed by atoms with Crippen LogP contribution in [-0.4, -0.2) is 51.8 Å². The molecule has 3 amide bonds. The van der Waals surface area contributed by atoms with Crippen LogP contribution in [0.1, 0.15) is 65.7 Å². The average Bonchev–Trinajstić information content (AvgIpc) is 3.17. The van der Waals surface area contributed by atoms with E-state index >= 15 is 0 Å². The minimum atomic E-state index is -1.08. The first kappa shape index (κ1) is 24.2. The van der Waals surface area contributed by atoms with Gasteiger partial charge in [0.1, 0.15) is 6.04 Å². The van der Waals surface area contributed by atoms with Gasteiger partial charge in [-0.25, -0.2) is 0 Å². The van der Waals surface area contributed by atoms with E-state index in [1.165, 1.54) is 4.90 Å². The smallest absolute Gasteiger partial charge is 0.255 e. The lowest BCUT2D eigenvalue weighted by molar-refractivity contribution is -0.136. The molecule has 186 valence electrons. The molecule has 3 aliphatic rings. The zero-order chi connectivity index (χ0) is 25.7. The molecule has 2 aromatic carbocycles. The van der Waals surface area contributed by atoms with Crippen LogP contribution in [0.15, 0.2) is 42.5 Å². The number of hydrogen-bond donors (Lipinski definition) is 2. The van der Waals surface area contributed by atoms with Crippen molar-refractivity contribution in [2.24, 2.45) is 5.41 Å². The average molecular weight is 487 g/mol. The largest absolute Gasteiger partial charge is 0.385 e. The predicted molar refractivity (Wildman–Crippen MR) is 131 cm³/mol. The summed E-state index contributed by atoms with van der Waals surface area (Å²) in [6.45, 7) is 6.54. The van der Waals surface area contributed by atoms with Gasteiger partial charge in [-0.05, 0) is 47.7 Å². The highest BCUT2D eigenvalue weighted by Crippen LogP contribution is 2.47. The molecule has 0 radical (unpaired) electrons. The number of rotatable bonds is 4. The normalized spacial score (nSPS) is 25.9. The summed E-state index contributed by atoms with van der Waals surface area (Å²) in [6.07, 6.45) is 1.08. The van der Waals surface area contributed by atoms with Crippen molar-refractivity contribution in [3.63, 3.8) is 0 Å².